The van der Waals surface area contributed by atoms with Gasteiger partial charge in [0.2, 0.25) is 11.8 Å². The van der Waals surface area contributed by atoms with E-state index in [4.69, 9.17) is 4.74 Å². The number of benzene rings is 2. The Morgan fingerprint density at radius 3 is 2.51 bits per heavy atom. The number of halogens is 1. The van der Waals surface area contributed by atoms with Crippen molar-refractivity contribution in [3.8, 4) is 11.5 Å². The number of imide groups is 1. The van der Waals surface area contributed by atoms with E-state index in [0.29, 0.717) is 26.8 Å². The molecule has 0 radical (unpaired) electrons. The summed E-state index contributed by atoms with van der Waals surface area (Å²) in [5.41, 5.74) is 2.73. The quantitative estimate of drug-likeness (QED) is 0.206. The lowest BCUT2D eigenvalue weighted by Gasteiger charge is -2.42. The van der Waals surface area contributed by atoms with Crippen LogP contribution in [0.3, 0.4) is 0 Å². The number of ketones is 2. The number of carbonyl (C=O) groups is 4. The Balaban J connectivity index is 1.49. The van der Waals surface area contributed by atoms with Crippen molar-refractivity contribution in [3.63, 3.8) is 0 Å². The average molecular weight is 618 g/mol. The Bertz CT molecular complexity index is 1660. The van der Waals surface area contributed by atoms with Gasteiger partial charge in [0.25, 0.3) is 0 Å². The molecule has 208 valence electrons. The summed E-state index contributed by atoms with van der Waals surface area (Å²) in [6, 6.07) is 9.28. The lowest BCUT2D eigenvalue weighted by molar-refractivity contribution is -0.123. The lowest BCUT2D eigenvalue weighted by atomic mass is 9.59. The molecule has 3 aliphatic carbocycles. The molecule has 0 aromatic heterocycles. The van der Waals surface area contributed by atoms with Crippen molar-refractivity contribution in [2.45, 2.75) is 25.7 Å². The molecule has 2 aromatic rings. The van der Waals surface area contributed by atoms with Crippen LogP contribution in [0.4, 0.5) is 5.69 Å². The van der Waals surface area contributed by atoms with Gasteiger partial charge in [-0.2, -0.15) is 0 Å². The fraction of sp³-hybridized carbons (Fsp3) is 0.267. The van der Waals surface area contributed by atoms with E-state index >= 15 is 0 Å². The summed E-state index contributed by atoms with van der Waals surface area (Å²) in [5.74, 6) is -4.00. The minimum absolute atomic E-state index is 0.111. The van der Waals surface area contributed by atoms with Gasteiger partial charge >= 0.3 is 7.12 Å². The summed E-state index contributed by atoms with van der Waals surface area (Å²) in [5, 5.41) is 29.7. The number of aromatic hydroxyl groups is 1. The highest BCUT2D eigenvalue weighted by atomic mass is 79.9. The number of carbonyl (C=O) groups excluding carboxylic acids is 4. The van der Waals surface area contributed by atoms with Crippen LogP contribution < -0.4 is 15.1 Å². The fourth-order valence-electron chi connectivity index (χ4n) is 6.74. The van der Waals surface area contributed by atoms with Crippen LogP contribution in [0.2, 0.25) is 0 Å². The molecule has 2 amide bonds. The van der Waals surface area contributed by atoms with E-state index < -0.39 is 42.6 Å². The van der Waals surface area contributed by atoms with Gasteiger partial charge in [-0.15, -0.1) is 0 Å². The first-order valence-electron chi connectivity index (χ1n) is 13.1. The van der Waals surface area contributed by atoms with Crippen molar-refractivity contribution < 1.29 is 39.1 Å². The molecular weight excluding hydrogens is 593 g/mol. The molecule has 11 heteroatoms. The largest absolute Gasteiger partial charge is 0.503 e. The van der Waals surface area contributed by atoms with Crippen LogP contribution in [0.25, 0.3) is 0 Å². The zero-order chi connectivity index (χ0) is 29.3. The number of fused-ring (bicyclic) bond motifs is 3. The number of allylic oxidation sites excluding steroid dienone is 6. The van der Waals surface area contributed by atoms with Crippen LogP contribution in [-0.4, -0.2) is 52.8 Å². The number of phenols is 1. The molecule has 2 aromatic carbocycles. The van der Waals surface area contributed by atoms with Crippen molar-refractivity contribution in [3.05, 3.63) is 80.9 Å². The molecule has 0 saturated carbocycles. The molecule has 0 spiro atoms. The van der Waals surface area contributed by atoms with Gasteiger partial charge in [0.1, 0.15) is 0 Å². The topological polar surface area (TPSA) is 141 Å². The molecular formula is C30H25BBrNO8. The summed E-state index contributed by atoms with van der Waals surface area (Å²) < 4.78 is 5.71. The molecule has 1 heterocycles. The number of hydrogen-bond donors (Lipinski definition) is 3. The summed E-state index contributed by atoms with van der Waals surface area (Å²) in [4.78, 5) is 55.6. The third kappa shape index (κ3) is 4.14. The highest BCUT2D eigenvalue weighted by Crippen LogP contribution is 2.56. The third-order valence-corrected chi connectivity index (χ3v) is 9.20. The summed E-state index contributed by atoms with van der Waals surface area (Å²) in [6.45, 7) is 1.60. The third-order valence-electron chi connectivity index (χ3n) is 8.60. The molecule has 6 rings (SSSR count). The van der Waals surface area contributed by atoms with Crippen molar-refractivity contribution in [2.75, 3.05) is 12.0 Å². The Hall–Kier alpha value is -3.80. The monoisotopic (exact) mass is 617 g/mol. The van der Waals surface area contributed by atoms with Gasteiger partial charge < -0.3 is 19.9 Å². The Kier molecular flexibility index (Phi) is 6.63. The minimum Gasteiger partial charge on any atom is -0.503 e. The second-order valence-electron chi connectivity index (χ2n) is 10.8. The predicted molar refractivity (Wildman–Crippen MR) is 152 cm³/mol. The van der Waals surface area contributed by atoms with Gasteiger partial charge in [0.15, 0.2) is 23.1 Å². The SMILES string of the molecule is COc1cc([C@H]2C3=CC[C@@H]4C(=O)N(c5cccc(B(O)O)c5)C(=O)[C@@H]4[C@@H]3CC3=C2C(=O)C(C)=CC3=O)cc(Br)c1O. The van der Waals surface area contributed by atoms with Crippen LogP contribution >= 0.6 is 15.9 Å². The standard InChI is InChI=1S/C30H25BBrNO8/c1-13-8-22(34)20-12-19-17(24(26(20)27(13)35)14-9-21(32)28(36)23(10-14)41-2)6-7-18-25(19)30(38)33(29(18)37)16-5-3-4-15(11-16)31(39)40/h3-6,8-11,18-19,24-25,36,39-40H,7,12H2,1-2H3/t18-,19+,24-,25-/m0/s1. The van der Waals surface area contributed by atoms with Crippen LogP contribution in [0, 0.1) is 17.8 Å². The van der Waals surface area contributed by atoms with Gasteiger partial charge in [0.05, 0.1) is 29.1 Å². The maximum atomic E-state index is 14.0. The Morgan fingerprint density at radius 1 is 1.05 bits per heavy atom. The summed E-state index contributed by atoms with van der Waals surface area (Å²) in [7, 11) is -0.357. The molecule has 3 N–H and O–H groups in total. The van der Waals surface area contributed by atoms with Gasteiger partial charge in [-0.05, 0) is 83.0 Å². The van der Waals surface area contributed by atoms with E-state index in [1.165, 1.54) is 25.3 Å². The minimum atomic E-state index is -1.77. The van der Waals surface area contributed by atoms with Gasteiger partial charge in [-0.3, -0.25) is 24.1 Å². The second kappa shape index (κ2) is 9.94. The Morgan fingerprint density at radius 2 is 1.80 bits per heavy atom. The Labute approximate surface area is 244 Å². The average Bonchev–Trinajstić information content (AvgIpc) is 3.21. The fourth-order valence-corrected chi connectivity index (χ4v) is 7.20. The zero-order valence-corrected chi connectivity index (χ0v) is 23.7. The predicted octanol–water partition coefficient (Wildman–Crippen LogP) is 2.48. The number of rotatable bonds is 4. The number of ether oxygens (including phenoxy) is 1. The number of hydrogen-bond acceptors (Lipinski definition) is 8. The number of Topliss-reactive ketones (excluding diaryl/α,β-unsaturated/α-hetero) is 1. The van der Waals surface area contributed by atoms with Gasteiger partial charge in [-0.1, -0.05) is 23.8 Å². The molecule has 0 unspecified atom stereocenters. The van der Waals surface area contributed by atoms with Crippen LogP contribution in [-0.2, 0) is 19.2 Å². The van der Waals surface area contributed by atoms with E-state index in [1.807, 2.05) is 6.08 Å². The molecule has 4 aliphatic rings. The maximum absolute atomic E-state index is 14.0. The van der Waals surface area contributed by atoms with E-state index in [9.17, 15) is 34.3 Å². The molecule has 1 saturated heterocycles. The van der Waals surface area contributed by atoms with E-state index in [1.54, 1.807) is 31.2 Å². The normalized spacial score (nSPS) is 25.4. The first kappa shape index (κ1) is 27.4. The van der Waals surface area contributed by atoms with Gasteiger partial charge in [0, 0.05) is 22.6 Å². The molecule has 1 fully saturated rings. The molecule has 1 aliphatic heterocycles. The summed E-state index contributed by atoms with van der Waals surface area (Å²) >= 11 is 3.36. The highest BCUT2D eigenvalue weighted by molar-refractivity contribution is 9.10. The van der Waals surface area contributed by atoms with E-state index in [2.05, 4.69) is 15.9 Å². The summed E-state index contributed by atoms with van der Waals surface area (Å²) in [6.07, 6.45) is 3.61. The number of methoxy groups -OCH3 is 1. The van der Waals surface area contributed by atoms with Crippen LogP contribution in [0.5, 0.6) is 11.5 Å². The maximum Gasteiger partial charge on any atom is 0.488 e. The van der Waals surface area contributed by atoms with E-state index in [-0.39, 0.29) is 47.1 Å². The van der Waals surface area contributed by atoms with Gasteiger partial charge in [-0.25, -0.2) is 0 Å². The second-order valence-corrected chi connectivity index (χ2v) is 11.6. The molecule has 4 atom stereocenters. The van der Waals surface area contributed by atoms with Crippen LogP contribution in [0.15, 0.2) is 75.3 Å². The number of anilines is 1. The lowest BCUT2D eigenvalue weighted by Crippen LogP contribution is -2.40. The first-order valence-corrected chi connectivity index (χ1v) is 13.9. The van der Waals surface area contributed by atoms with Crippen molar-refractivity contribution in [1.29, 1.82) is 0 Å². The van der Waals surface area contributed by atoms with E-state index in [0.717, 1.165) is 10.5 Å². The molecule has 9 nitrogen and oxygen atoms in total. The van der Waals surface area contributed by atoms with Crippen LogP contribution in [0.1, 0.15) is 31.2 Å². The zero-order valence-electron chi connectivity index (χ0n) is 22.1. The van der Waals surface area contributed by atoms with Crippen molar-refractivity contribution in [2.24, 2.45) is 17.8 Å². The number of nitrogens with zero attached hydrogens (tertiary/aromatic N) is 1. The smallest absolute Gasteiger partial charge is 0.488 e. The van der Waals surface area contributed by atoms with Crippen molar-refractivity contribution >= 4 is 57.6 Å². The molecule has 0 bridgehead atoms. The highest BCUT2D eigenvalue weighted by Gasteiger charge is 2.56. The number of phenolic OH excluding ortho intramolecular Hbond substituents is 1. The first-order chi connectivity index (χ1) is 19.5. The molecule has 41 heavy (non-hydrogen) atoms. The number of amides is 2. The van der Waals surface area contributed by atoms with Crippen molar-refractivity contribution in [1.82, 2.24) is 0 Å².